The Morgan fingerprint density at radius 2 is 2.33 bits per heavy atom. The number of benzene rings is 1. The van der Waals surface area contributed by atoms with Gasteiger partial charge >= 0.3 is 5.97 Å². The molecule has 0 spiro atoms. The van der Waals surface area contributed by atoms with Gasteiger partial charge in [-0.1, -0.05) is 6.07 Å². The van der Waals surface area contributed by atoms with Gasteiger partial charge in [-0.15, -0.1) is 0 Å². The number of carbonyl (C=O) groups is 1. The second-order valence-corrected chi connectivity index (χ2v) is 4.73. The van der Waals surface area contributed by atoms with E-state index in [0.29, 0.717) is 23.5 Å². The number of nitro groups is 1. The second kappa shape index (κ2) is 7.88. The number of carbonyl (C=O) groups excluding carboxylic acids is 1. The number of nitrogens with one attached hydrogen (secondary N) is 1. The van der Waals surface area contributed by atoms with Gasteiger partial charge in [0.05, 0.1) is 37.1 Å². The van der Waals surface area contributed by atoms with Crippen molar-refractivity contribution in [2.75, 3.05) is 19.0 Å². The zero-order valence-electron chi connectivity index (χ0n) is 12.9. The van der Waals surface area contributed by atoms with Crippen LogP contribution in [0, 0.1) is 10.1 Å². The Balaban J connectivity index is 2.24. The van der Waals surface area contributed by atoms with Gasteiger partial charge in [0.1, 0.15) is 5.69 Å². The van der Waals surface area contributed by atoms with E-state index in [2.05, 4.69) is 15.2 Å². The summed E-state index contributed by atoms with van der Waals surface area (Å²) in [4.78, 5) is 21.8. The number of ether oxygens (including phenoxy) is 1. The molecule has 1 heterocycles. The minimum Gasteiger partial charge on any atom is -0.466 e. The third kappa shape index (κ3) is 4.40. The first kappa shape index (κ1) is 17.2. The Kier molecular flexibility index (Phi) is 5.63. The number of aliphatic hydroxyl groups excluding tert-OH is 1. The van der Waals surface area contributed by atoms with Crippen molar-refractivity contribution in [3.63, 3.8) is 0 Å². The van der Waals surface area contributed by atoms with Crippen molar-refractivity contribution in [2.24, 2.45) is 0 Å². The van der Waals surface area contributed by atoms with Crippen LogP contribution in [0.4, 0.5) is 17.1 Å². The van der Waals surface area contributed by atoms with Gasteiger partial charge in [-0.05, 0) is 17.7 Å². The van der Waals surface area contributed by atoms with Crippen molar-refractivity contribution >= 4 is 29.1 Å². The SMILES string of the molecule is COC(=O)/C=C/c1ccc(Nc2cnn(CCO)c2)c([N+](=O)[O-])c1. The molecule has 0 fully saturated rings. The average molecular weight is 332 g/mol. The lowest BCUT2D eigenvalue weighted by atomic mass is 10.1. The van der Waals surface area contributed by atoms with Crippen LogP contribution in [0.3, 0.4) is 0 Å². The summed E-state index contributed by atoms with van der Waals surface area (Å²) in [5, 5.41) is 27.1. The summed E-state index contributed by atoms with van der Waals surface area (Å²) in [6, 6.07) is 4.52. The molecule has 0 unspecified atom stereocenters. The lowest BCUT2D eigenvalue weighted by molar-refractivity contribution is -0.383. The highest BCUT2D eigenvalue weighted by molar-refractivity contribution is 5.87. The lowest BCUT2D eigenvalue weighted by Crippen LogP contribution is -2.01. The molecule has 0 bridgehead atoms. The monoisotopic (exact) mass is 332 g/mol. The number of aromatic nitrogens is 2. The minimum atomic E-state index is -0.545. The van der Waals surface area contributed by atoms with E-state index in [4.69, 9.17) is 5.11 Å². The molecule has 2 N–H and O–H groups in total. The Hall–Kier alpha value is -3.20. The summed E-state index contributed by atoms with van der Waals surface area (Å²) in [5.74, 6) is -0.545. The second-order valence-electron chi connectivity index (χ2n) is 4.73. The zero-order chi connectivity index (χ0) is 17.5. The summed E-state index contributed by atoms with van der Waals surface area (Å²) in [6.07, 6.45) is 5.75. The molecule has 0 saturated carbocycles. The lowest BCUT2D eigenvalue weighted by Gasteiger charge is -2.05. The number of nitrogens with zero attached hydrogens (tertiary/aromatic N) is 3. The molecule has 2 aromatic rings. The van der Waals surface area contributed by atoms with Gasteiger partial charge in [0.15, 0.2) is 0 Å². The summed E-state index contributed by atoms with van der Waals surface area (Å²) < 4.78 is 5.99. The summed E-state index contributed by atoms with van der Waals surface area (Å²) >= 11 is 0. The van der Waals surface area contributed by atoms with Gasteiger partial charge in [0.2, 0.25) is 0 Å². The highest BCUT2D eigenvalue weighted by Crippen LogP contribution is 2.29. The Morgan fingerprint density at radius 3 is 3.00 bits per heavy atom. The molecule has 0 atom stereocenters. The number of esters is 1. The number of rotatable bonds is 7. The molecule has 0 saturated heterocycles. The number of nitro benzene ring substituents is 1. The van der Waals surface area contributed by atoms with Crippen molar-refractivity contribution in [2.45, 2.75) is 6.54 Å². The van der Waals surface area contributed by atoms with Crippen molar-refractivity contribution in [3.05, 3.63) is 52.3 Å². The van der Waals surface area contributed by atoms with Crippen LogP contribution in [0.2, 0.25) is 0 Å². The van der Waals surface area contributed by atoms with Gasteiger partial charge in [0.25, 0.3) is 5.69 Å². The van der Waals surface area contributed by atoms with E-state index >= 15 is 0 Å². The van der Waals surface area contributed by atoms with Crippen LogP contribution in [0.5, 0.6) is 0 Å². The largest absolute Gasteiger partial charge is 0.466 e. The maximum absolute atomic E-state index is 11.3. The number of anilines is 2. The van der Waals surface area contributed by atoms with Crippen LogP contribution < -0.4 is 5.32 Å². The third-order valence-electron chi connectivity index (χ3n) is 3.07. The van der Waals surface area contributed by atoms with Crippen LogP contribution in [0.15, 0.2) is 36.7 Å². The first-order valence-corrected chi connectivity index (χ1v) is 6.98. The zero-order valence-corrected chi connectivity index (χ0v) is 12.9. The normalized spacial score (nSPS) is 10.8. The quantitative estimate of drug-likeness (QED) is 0.343. The highest BCUT2D eigenvalue weighted by atomic mass is 16.6. The maximum Gasteiger partial charge on any atom is 0.330 e. The molecule has 0 aliphatic heterocycles. The summed E-state index contributed by atoms with van der Waals surface area (Å²) in [7, 11) is 1.25. The first-order chi connectivity index (χ1) is 11.5. The fraction of sp³-hybridized carbons (Fsp3) is 0.200. The molecular weight excluding hydrogens is 316 g/mol. The predicted molar refractivity (Wildman–Crippen MR) is 86.7 cm³/mol. The van der Waals surface area contributed by atoms with E-state index < -0.39 is 10.9 Å². The Labute approximate surface area is 137 Å². The Bertz CT molecular complexity index is 769. The summed E-state index contributed by atoms with van der Waals surface area (Å²) in [5.41, 5.74) is 1.20. The van der Waals surface area contributed by atoms with E-state index in [1.807, 2.05) is 0 Å². The van der Waals surface area contributed by atoms with Crippen molar-refractivity contribution in [1.29, 1.82) is 0 Å². The number of hydrogen-bond donors (Lipinski definition) is 2. The van der Waals surface area contributed by atoms with E-state index in [1.165, 1.54) is 36.2 Å². The molecule has 9 nitrogen and oxygen atoms in total. The predicted octanol–water partition coefficient (Wildman–Crippen LogP) is 1.71. The standard InChI is InChI=1S/C15H16N4O5/c1-24-15(21)5-3-11-2-4-13(14(8-11)19(22)23)17-12-9-16-18(10-12)6-7-20/h2-5,8-10,17,20H,6-7H2,1H3/b5-3+. The van der Waals surface area contributed by atoms with E-state index in [9.17, 15) is 14.9 Å². The fourth-order valence-corrected chi connectivity index (χ4v) is 1.95. The molecule has 0 aliphatic carbocycles. The molecule has 0 radical (unpaired) electrons. The van der Waals surface area contributed by atoms with Crippen molar-refractivity contribution in [3.8, 4) is 0 Å². The smallest absolute Gasteiger partial charge is 0.330 e. The molecule has 1 aromatic heterocycles. The summed E-state index contributed by atoms with van der Waals surface area (Å²) in [6.45, 7) is 0.281. The molecule has 2 rings (SSSR count). The fourth-order valence-electron chi connectivity index (χ4n) is 1.95. The topological polar surface area (TPSA) is 120 Å². The van der Waals surface area contributed by atoms with Crippen LogP contribution >= 0.6 is 0 Å². The number of hydrogen-bond acceptors (Lipinski definition) is 7. The molecule has 24 heavy (non-hydrogen) atoms. The van der Waals surface area contributed by atoms with Gasteiger partial charge < -0.3 is 15.2 Å². The van der Waals surface area contributed by atoms with Crippen molar-refractivity contribution < 1.29 is 19.6 Å². The molecule has 1 aromatic carbocycles. The average Bonchev–Trinajstić information content (AvgIpc) is 3.00. The Morgan fingerprint density at radius 1 is 1.54 bits per heavy atom. The van der Waals surface area contributed by atoms with Crippen LogP contribution in [0.25, 0.3) is 6.08 Å². The van der Waals surface area contributed by atoms with Crippen molar-refractivity contribution in [1.82, 2.24) is 9.78 Å². The number of methoxy groups -OCH3 is 1. The number of aliphatic hydroxyl groups is 1. The van der Waals surface area contributed by atoms with Gasteiger partial charge in [-0.3, -0.25) is 14.8 Å². The molecule has 9 heteroatoms. The molecule has 0 amide bonds. The van der Waals surface area contributed by atoms with E-state index in [0.717, 1.165) is 0 Å². The van der Waals surface area contributed by atoms with Crippen LogP contribution in [-0.4, -0.2) is 39.5 Å². The minimum absolute atomic E-state index is 0.0531. The van der Waals surface area contributed by atoms with Crippen LogP contribution in [0.1, 0.15) is 5.56 Å². The molecular formula is C15H16N4O5. The molecule has 0 aliphatic rings. The van der Waals surface area contributed by atoms with Gasteiger partial charge in [-0.2, -0.15) is 5.10 Å². The van der Waals surface area contributed by atoms with Gasteiger partial charge in [0, 0.05) is 18.3 Å². The third-order valence-corrected chi connectivity index (χ3v) is 3.07. The maximum atomic E-state index is 11.3. The highest BCUT2D eigenvalue weighted by Gasteiger charge is 2.15. The van der Waals surface area contributed by atoms with Gasteiger partial charge in [-0.25, -0.2) is 4.79 Å². The van der Waals surface area contributed by atoms with E-state index in [1.54, 1.807) is 18.3 Å². The van der Waals surface area contributed by atoms with Crippen LogP contribution in [-0.2, 0) is 16.1 Å². The molecule has 126 valence electrons. The first-order valence-electron chi connectivity index (χ1n) is 6.98. The van der Waals surface area contributed by atoms with E-state index in [-0.39, 0.29) is 12.3 Å².